The van der Waals surface area contributed by atoms with Gasteiger partial charge in [-0.2, -0.15) is 0 Å². The second-order valence-corrected chi connectivity index (χ2v) is 10.2. The predicted molar refractivity (Wildman–Crippen MR) is 135 cm³/mol. The van der Waals surface area contributed by atoms with E-state index in [2.05, 4.69) is 15.6 Å². The monoisotopic (exact) mass is 479 g/mol. The lowest BCUT2D eigenvalue weighted by molar-refractivity contribution is -0.118. The Kier molecular flexibility index (Phi) is 6.85. The summed E-state index contributed by atoms with van der Waals surface area (Å²) in [5.74, 6) is 0.309. The van der Waals surface area contributed by atoms with Crippen LogP contribution in [0.25, 0.3) is 11.0 Å². The van der Waals surface area contributed by atoms with Crippen molar-refractivity contribution in [1.82, 2.24) is 4.98 Å². The number of nitrogens with one attached hydrogen (secondary N) is 2. The van der Waals surface area contributed by atoms with Gasteiger partial charge in [0.15, 0.2) is 5.76 Å². The fraction of sp³-hybridized carbons (Fsp3) is 0.240. The van der Waals surface area contributed by atoms with E-state index in [4.69, 9.17) is 4.42 Å². The van der Waals surface area contributed by atoms with Crippen molar-refractivity contribution in [3.8, 4) is 0 Å². The minimum absolute atomic E-state index is 0.0786. The number of para-hydroxylation sites is 1. The summed E-state index contributed by atoms with van der Waals surface area (Å²) in [6, 6.07) is 13.1. The number of hydrogen-bond acceptors (Lipinski definition) is 6. The molecule has 0 saturated carbocycles. The van der Waals surface area contributed by atoms with Crippen LogP contribution in [0.2, 0.25) is 0 Å². The molecule has 170 valence electrons. The van der Waals surface area contributed by atoms with E-state index < -0.39 is 0 Å². The third-order valence-electron chi connectivity index (χ3n) is 5.12. The van der Waals surface area contributed by atoms with Gasteiger partial charge in [-0.3, -0.25) is 9.59 Å². The minimum atomic E-state index is -0.326. The number of amides is 2. The van der Waals surface area contributed by atoms with Crippen molar-refractivity contribution in [2.24, 2.45) is 5.92 Å². The molecule has 0 radical (unpaired) electrons. The molecule has 0 unspecified atom stereocenters. The van der Waals surface area contributed by atoms with E-state index in [0.717, 1.165) is 26.5 Å². The molecule has 0 aliphatic carbocycles. The normalized spacial score (nSPS) is 11.2. The summed E-state index contributed by atoms with van der Waals surface area (Å²) in [6.07, 6.45) is 0. The third kappa shape index (κ3) is 5.29. The van der Waals surface area contributed by atoms with E-state index in [1.54, 1.807) is 29.2 Å². The van der Waals surface area contributed by atoms with E-state index in [9.17, 15) is 9.59 Å². The van der Waals surface area contributed by atoms with E-state index in [1.165, 1.54) is 0 Å². The molecule has 2 heterocycles. The number of furan rings is 1. The van der Waals surface area contributed by atoms with E-state index in [1.807, 2.05) is 69.5 Å². The number of fused-ring (bicyclic) bond motifs is 1. The van der Waals surface area contributed by atoms with Gasteiger partial charge in [-0.25, -0.2) is 4.98 Å². The highest BCUT2D eigenvalue weighted by molar-refractivity contribution is 8.00. The zero-order chi connectivity index (χ0) is 23.5. The Balaban J connectivity index is 1.61. The van der Waals surface area contributed by atoms with Crippen molar-refractivity contribution >= 4 is 57.3 Å². The zero-order valence-corrected chi connectivity index (χ0v) is 20.5. The van der Waals surface area contributed by atoms with Crippen LogP contribution in [0.1, 0.15) is 41.2 Å². The lowest BCUT2D eigenvalue weighted by Crippen LogP contribution is -2.18. The molecule has 6 nitrogen and oxygen atoms in total. The first kappa shape index (κ1) is 23.1. The average molecular weight is 480 g/mol. The summed E-state index contributed by atoms with van der Waals surface area (Å²) >= 11 is 3.18. The van der Waals surface area contributed by atoms with Crippen LogP contribution >= 0.6 is 23.1 Å². The van der Waals surface area contributed by atoms with Gasteiger partial charge in [-0.15, -0.1) is 11.3 Å². The molecule has 0 fully saturated rings. The molecule has 0 spiro atoms. The van der Waals surface area contributed by atoms with E-state index in [-0.39, 0.29) is 23.5 Å². The number of thioether (sulfide) groups is 1. The maximum atomic E-state index is 13.3. The second-order valence-electron chi connectivity index (χ2n) is 8.08. The van der Waals surface area contributed by atoms with Crippen molar-refractivity contribution < 1.29 is 14.0 Å². The molecule has 33 heavy (non-hydrogen) atoms. The summed E-state index contributed by atoms with van der Waals surface area (Å²) < 4.78 is 6.93. The maximum Gasteiger partial charge on any atom is 0.291 e. The number of hydrogen-bond donors (Lipinski definition) is 2. The molecule has 2 aromatic heterocycles. The molecule has 8 heteroatoms. The molecule has 2 amide bonds. The van der Waals surface area contributed by atoms with Crippen molar-refractivity contribution in [1.29, 1.82) is 0 Å². The van der Waals surface area contributed by atoms with Crippen LogP contribution in [0.5, 0.6) is 0 Å². The van der Waals surface area contributed by atoms with Crippen LogP contribution in [0.15, 0.2) is 56.6 Å². The van der Waals surface area contributed by atoms with Gasteiger partial charge in [0.25, 0.3) is 5.91 Å². The molecule has 0 bridgehead atoms. The van der Waals surface area contributed by atoms with Crippen molar-refractivity contribution in [3.63, 3.8) is 0 Å². The molecule has 2 aromatic carbocycles. The Labute approximate surface area is 200 Å². The van der Waals surface area contributed by atoms with Crippen molar-refractivity contribution in [2.45, 2.75) is 37.8 Å². The number of thiazole rings is 1. The number of nitrogens with zero attached hydrogens (tertiary/aromatic N) is 1. The molecule has 0 atom stereocenters. The Bertz CT molecular complexity index is 1320. The van der Waals surface area contributed by atoms with Gasteiger partial charge in [0.2, 0.25) is 5.91 Å². The van der Waals surface area contributed by atoms with Gasteiger partial charge < -0.3 is 15.1 Å². The molecule has 0 aliphatic heterocycles. The number of carbonyl (C=O) groups is 2. The Morgan fingerprint density at radius 2 is 1.91 bits per heavy atom. The largest absolute Gasteiger partial charge is 0.451 e. The molecule has 0 saturated heterocycles. The number of benzene rings is 2. The Hall–Kier alpha value is -3.10. The summed E-state index contributed by atoms with van der Waals surface area (Å²) in [6.45, 7) is 7.54. The first-order valence-electron chi connectivity index (χ1n) is 10.6. The number of anilines is 2. The van der Waals surface area contributed by atoms with Gasteiger partial charge in [-0.1, -0.05) is 49.9 Å². The van der Waals surface area contributed by atoms with Gasteiger partial charge in [0.05, 0.1) is 0 Å². The van der Waals surface area contributed by atoms with Gasteiger partial charge >= 0.3 is 0 Å². The van der Waals surface area contributed by atoms with E-state index >= 15 is 0 Å². The van der Waals surface area contributed by atoms with Crippen LogP contribution in [-0.4, -0.2) is 16.8 Å². The van der Waals surface area contributed by atoms with Crippen LogP contribution in [0.3, 0.4) is 0 Å². The molecule has 0 aliphatic rings. The summed E-state index contributed by atoms with van der Waals surface area (Å²) in [5.41, 5.74) is 4.63. The quantitative estimate of drug-likeness (QED) is 0.290. The minimum Gasteiger partial charge on any atom is -0.451 e. The highest BCUT2D eigenvalue weighted by Gasteiger charge is 2.22. The fourth-order valence-corrected chi connectivity index (χ4v) is 5.14. The van der Waals surface area contributed by atoms with Crippen molar-refractivity contribution in [3.05, 3.63) is 70.4 Å². The average Bonchev–Trinajstić information content (AvgIpc) is 3.37. The second kappa shape index (κ2) is 9.80. The SMILES string of the molecule is Cc1csc(SCc2c(C(=O)Nc3cc(NC(=O)C(C)C)ccc3C)oc3ccccc23)n1. The molecular formula is C25H25N3O3S2. The van der Waals surface area contributed by atoms with Gasteiger partial charge in [-0.05, 0) is 37.6 Å². The first-order valence-corrected chi connectivity index (χ1v) is 12.5. The van der Waals surface area contributed by atoms with Crippen molar-refractivity contribution in [2.75, 3.05) is 10.6 Å². The summed E-state index contributed by atoms with van der Waals surface area (Å²) in [5, 5.41) is 8.77. The molecule has 4 rings (SSSR count). The van der Waals surface area contributed by atoms with Crippen LogP contribution in [-0.2, 0) is 10.5 Å². The molecule has 4 aromatic rings. The topological polar surface area (TPSA) is 84.2 Å². The fourth-order valence-electron chi connectivity index (χ4n) is 3.26. The smallest absolute Gasteiger partial charge is 0.291 e. The van der Waals surface area contributed by atoms with Gasteiger partial charge in [0.1, 0.15) is 9.92 Å². The lowest BCUT2D eigenvalue weighted by atomic mass is 10.1. The Morgan fingerprint density at radius 1 is 1.12 bits per heavy atom. The van der Waals surface area contributed by atoms with E-state index in [0.29, 0.717) is 22.7 Å². The molecule has 2 N–H and O–H groups in total. The summed E-state index contributed by atoms with van der Waals surface area (Å²) in [4.78, 5) is 29.9. The highest BCUT2D eigenvalue weighted by atomic mass is 32.2. The number of aryl methyl sites for hydroxylation is 2. The number of aromatic nitrogens is 1. The standard InChI is InChI=1S/C25H25N3O3S2/c1-14(2)23(29)27-17-10-9-15(3)20(11-17)28-24(30)22-19(13-33-25-26-16(4)12-32-25)18-7-5-6-8-21(18)31-22/h5-12,14H,13H2,1-4H3,(H,27,29)(H,28,30). The number of carbonyl (C=O) groups excluding carboxylic acids is 2. The Morgan fingerprint density at radius 3 is 2.64 bits per heavy atom. The maximum absolute atomic E-state index is 13.3. The lowest BCUT2D eigenvalue weighted by Gasteiger charge is -2.12. The molecular weight excluding hydrogens is 454 g/mol. The first-order chi connectivity index (χ1) is 15.8. The van der Waals surface area contributed by atoms with Crippen LogP contribution in [0, 0.1) is 19.8 Å². The highest BCUT2D eigenvalue weighted by Crippen LogP contribution is 2.34. The summed E-state index contributed by atoms with van der Waals surface area (Å²) in [7, 11) is 0. The predicted octanol–water partition coefficient (Wildman–Crippen LogP) is 6.65. The number of rotatable bonds is 7. The zero-order valence-electron chi connectivity index (χ0n) is 18.9. The van der Waals surface area contributed by atoms with Crippen LogP contribution < -0.4 is 10.6 Å². The van der Waals surface area contributed by atoms with Crippen LogP contribution in [0.4, 0.5) is 11.4 Å². The van der Waals surface area contributed by atoms with Gasteiger partial charge in [0, 0.05) is 45.1 Å². The third-order valence-corrected chi connectivity index (χ3v) is 7.29.